The fourth-order valence-electron chi connectivity index (χ4n) is 2.19. The minimum absolute atomic E-state index is 0.0464. The van der Waals surface area contributed by atoms with Crippen molar-refractivity contribution in [1.29, 1.82) is 0 Å². The Morgan fingerprint density at radius 3 is 2.43 bits per heavy atom. The molecule has 2 aromatic rings. The van der Waals surface area contributed by atoms with Gasteiger partial charge < -0.3 is 4.90 Å². The number of carbonyl (C=O) groups is 1. The maximum absolute atomic E-state index is 12.5. The first-order valence-electron chi connectivity index (χ1n) is 7.45. The fraction of sp³-hybridized carbons (Fsp3) is 0.211. The number of carbonyl (C=O) groups excluding carboxylic acids is 1. The molecule has 0 radical (unpaired) electrons. The van der Waals surface area contributed by atoms with Gasteiger partial charge in [-0.25, -0.2) is 0 Å². The van der Waals surface area contributed by atoms with Crippen LogP contribution in [-0.2, 0) is 11.3 Å². The van der Waals surface area contributed by atoms with Gasteiger partial charge in [-0.05, 0) is 43.2 Å². The second-order valence-electron chi connectivity index (χ2n) is 5.54. The van der Waals surface area contributed by atoms with Crippen LogP contribution in [0.25, 0.3) is 6.08 Å². The summed E-state index contributed by atoms with van der Waals surface area (Å²) in [6.45, 7) is 4.59. The second kappa shape index (κ2) is 8.19. The van der Waals surface area contributed by atoms with E-state index < -0.39 is 0 Å². The minimum atomic E-state index is -0.0464. The molecule has 120 valence electrons. The standard InChI is InChI=1S/C19H19Cl2NO/c1-14(2)22(13-15-6-4-3-5-7-15)19(23)11-9-16-8-10-17(20)12-18(16)21/h3-12,14H,13H2,1-2H3/b11-9+. The normalized spacial score (nSPS) is 11.2. The predicted molar refractivity (Wildman–Crippen MR) is 97.6 cm³/mol. The molecule has 0 aromatic heterocycles. The highest BCUT2D eigenvalue weighted by atomic mass is 35.5. The monoisotopic (exact) mass is 347 g/mol. The number of halogens is 2. The summed E-state index contributed by atoms with van der Waals surface area (Å²) in [6.07, 6.45) is 3.28. The van der Waals surface area contributed by atoms with Gasteiger partial charge in [0.05, 0.1) is 0 Å². The summed E-state index contributed by atoms with van der Waals surface area (Å²) in [4.78, 5) is 14.3. The molecule has 0 fully saturated rings. The van der Waals surface area contributed by atoms with Crippen molar-refractivity contribution in [3.63, 3.8) is 0 Å². The van der Waals surface area contributed by atoms with Gasteiger partial charge in [-0.1, -0.05) is 59.6 Å². The third-order valence-electron chi connectivity index (χ3n) is 3.47. The molecular weight excluding hydrogens is 329 g/mol. The molecule has 0 bridgehead atoms. The lowest BCUT2D eigenvalue weighted by atomic mass is 10.1. The van der Waals surface area contributed by atoms with Crippen LogP contribution >= 0.6 is 23.2 Å². The molecule has 2 aromatic carbocycles. The Balaban J connectivity index is 2.13. The Morgan fingerprint density at radius 1 is 1.13 bits per heavy atom. The number of benzene rings is 2. The van der Waals surface area contributed by atoms with Crippen LogP contribution in [0.1, 0.15) is 25.0 Å². The van der Waals surface area contributed by atoms with Crippen molar-refractivity contribution in [3.05, 3.63) is 75.8 Å². The average molecular weight is 348 g/mol. The van der Waals surface area contributed by atoms with E-state index in [-0.39, 0.29) is 11.9 Å². The number of rotatable bonds is 5. The van der Waals surface area contributed by atoms with Crippen LogP contribution in [0.15, 0.2) is 54.6 Å². The van der Waals surface area contributed by atoms with Crippen LogP contribution in [0.4, 0.5) is 0 Å². The summed E-state index contributed by atoms with van der Waals surface area (Å²) in [7, 11) is 0. The molecule has 0 spiro atoms. The summed E-state index contributed by atoms with van der Waals surface area (Å²) in [5, 5.41) is 1.10. The van der Waals surface area contributed by atoms with Gasteiger partial charge in [0.1, 0.15) is 0 Å². The molecule has 2 rings (SSSR count). The average Bonchev–Trinajstić information content (AvgIpc) is 2.52. The summed E-state index contributed by atoms with van der Waals surface area (Å²) in [6, 6.07) is 15.3. The van der Waals surface area contributed by atoms with E-state index >= 15 is 0 Å². The first-order chi connectivity index (χ1) is 11.0. The SMILES string of the molecule is CC(C)N(Cc1ccccc1)C(=O)/C=C/c1ccc(Cl)cc1Cl. The maximum atomic E-state index is 12.5. The van der Waals surface area contributed by atoms with Crippen LogP contribution in [0, 0.1) is 0 Å². The molecule has 0 saturated heterocycles. The Morgan fingerprint density at radius 2 is 1.83 bits per heavy atom. The zero-order chi connectivity index (χ0) is 16.8. The lowest BCUT2D eigenvalue weighted by molar-refractivity contribution is -0.128. The zero-order valence-electron chi connectivity index (χ0n) is 13.2. The molecule has 0 atom stereocenters. The van der Waals surface area contributed by atoms with Crippen LogP contribution < -0.4 is 0 Å². The van der Waals surface area contributed by atoms with Gasteiger partial charge in [-0.3, -0.25) is 4.79 Å². The van der Waals surface area contributed by atoms with E-state index in [0.29, 0.717) is 16.6 Å². The Bertz CT molecular complexity index is 696. The highest BCUT2D eigenvalue weighted by molar-refractivity contribution is 6.35. The van der Waals surface area contributed by atoms with Crippen LogP contribution in [0.3, 0.4) is 0 Å². The number of hydrogen-bond acceptors (Lipinski definition) is 1. The van der Waals surface area contributed by atoms with E-state index in [1.54, 1.807) is 30.4 Å². The molecule has 0 aliphatic rings. The first-order valence-corrected chi connectivity index (χ1v) is 8.20. The number of amides is 1. The van der Waals surface area contributed by atoms with Gasteiger partial charge in [-0.2, -0.15) is 0 Å². The lowest BCUT2D eigenvalue weighted by Crippen LogP contribution is -2.35. The molecule has 0 aliphatic heterocycles. The highest BCUT2D eigenvalue weighted by Crippen LogP contribution is 2.22. The summed E-state index contributed by atoms with van der Waals surface area (Å²) < 4.78 is 0. The van der Waals surface area contributed by atoms with Crippen molar-refractivity contribution in [1.82, 2.24) is 4.90 Å². The molecule has 0 unspecified atom stereocenters. The number of hydrogen-bond donors (Lipinski definition) is 0. The van der Waals surface area contributed by atoms with Gasteiger partial charge in [0.15, 0.2) is 0 Å². The molecular formula is C19H19Cl2NO. The maximum Gasteiger partial charge on any atom is 0.247 e. The molecule has 23 heavy (non-hydrogen) atoms. The molecule has 0 aliphatic carbocycles. The van der Waals surface area contributed by atoms with E-state index in [2.05, 4.69) is 0 Å². The van der Waals surface area contributed by atoms with Gasteiger partial charge in [0.2, 0.25) is 5.91 Å². The largest absolute Gasteiger partial charge is 0.332 e. The first kappa shape index (κ1) is 17.6. The van der Waals surface area contributed by atoms with Crippen molar-refractivity contribution in [2.24, 2.45) is 0 Å². The van der Waals surface area contributed by atoms with E-state index in [1.165, 1.54) is 0 Å². The highest BCUT2D eigenvalue weighted by Gasteiger charge is 2.14. The van der Waals surface area contributed by atoms with Crippen molar-refractivity contribution in [2.45, 2.75) is 26.4 Å². The predicted octanol–water partition coefficient (Wildman–Crippen LogP) is 5.44. The van der Waals surface area contributed by atoms with E-state index in [0.717, 1.165) is 11.1 Å². The zero-order valence-corrected chi connectivity index (χ0v) is 14.7. The van der Waals surface area contributed by atoms with Crippen LogP contribution in [0.5, 0.6) is 0 Å². The second-order valence-corrected chi connectivity index (χ2v) is 6.39. The van der Waals surface area contributed by atoms with E-state index in [9.17, 15) is 4.79 Å². The van der Waals surface area contributed by atoms with Crippen molar-refractivity contribution in [3.8, 4) is 0 Å². The van der Waals surface area contributed by atoms with E-state index in [4.69, 9.17) is 23.2 Å². The third-order valence-corrected chi connectivity index (χ3v) is 4.03. The topological polar surface area (TPSA) is 20.3 Å². The smallest absolute Gasteiger partial charge is 0.247 e. The van der Waals surface area contributed by atoms with Crippen molar-refractivity contribution >= 4 is 35.2 Å². The summed E-state index contributed by atoms with van der Waals surface area (Å²) in [5.41, 5.74) is 1.88. The van der Waals surface area contributed by atoms with Crippen molar-refractivity contribution < 1.29 is 4.79 Å². The van der Waals surface area contributed by atoms with Gasteiger partial charge in [0.25, 0.3) is 0 Å². The Labute approximate surface area is 147 Å². The quantitative estimate of drug-likeness (QED) is 0.659. The lowest BCUT2D eigenvalue weighted by Gasteiger charge is -2.25. The minimum Gasteiger partial charge on any atom is -0.332 e. The van der Waals surface area contributed by atoms with Crippen LogP contribution in [0.2, 0.25) is 10.0 Å². The molecule has 1 amide bonds. The Kier molecular flexibility index (Phi) is 6.26. The molecule has 0 N–H and O–H groups in total. The van der Waals surface area contributed by atoms with Gasteiger partial charge in [-0.15, -0.1) is 0 Å². The van der Waals surface area contributed by atoms with Gasteiger partial charge in [0, 0.05) is 28.7 Å². The van der Waals surface area contributed by atoms with Crippen molar-refractivity contribution in [2.75, 3.05) is 0 Å². The number of nitrogens with zero attached hydrogens (tertiary/aromatic N) is 1. The van der Waals surface area contributed by atoms with Gasteiger partial charge >= 0.3 is 0 Å². The molecule has 2 nitrogen and oxygen atoms in total. The molecule has 4 heteroatoms. The van der Waals surface area contributed by atoms with E-state index in [1.807, 2.05) is 49.1 Å². The molecule has 0 heterocycles. The molecule has 0 saturated carbocycles. The fourth-order valence-corrected chi connectivity index (χ4v) is 2.66. The summed E-state index contributed by atoms with van der Waals surface area (Å²) in [5.74, 6) is -0.0464. The third kappa shape index (κ3) is 5.12. The van der Waals surface area contributed by atoms with Crippen LogP contribution in [-0.4, -0.2) is 16.8 Å². The Hall–Kier alpha value is -1.77. The summed E-state index contributed by atoms with van der Waals surface area (Å²) >= 11 is 12.0.